The van der Waals surface area contributed by atoms with Crippen LogP contribution in [0.2, 0.25) is 5.02 Å². The molecule has 2 aromatic rings. The number of ether oxygens (including phenoxy) is 3. The van der Waals surface area contributed by atoms with Crippen molar-refractivity contribution >= 4 is 11.6 Å². The van der Waals surface area contributed by atoms with Crippen LogP contribution in [0.25, 0.3) is 0 Å². The van der Waals surface area contributed by atoms with Gasteiger partial charge in [-0.1, -0.05) is 23.7 Å². The summed E-state index contributed by atoms with van der Waals surface area (Å²) in [5, 5.41) is 41.3. The second-order valence-electron chi connectivity index (χ2n) is 8.38. The van der Waals surface area contributed by atoms with Gasteiger partial charge in [-0.05, 0) is 49.6 Å². The Hall–Kier alpha value is -1.87. The van der Waals surface area contributed by atoms with Gasteiger partial charge in [0.15, 0.2) is 0 Å². The van der Waals surface area contributed by atoms with Crippen LogP contribution in [0.4, 0.5) is 0 Å². The Labute approximate surface area is 192 Å². The van der Waals surface area contributed by atoms with E-state index in [4.69, 9.17) is 25.8 Å². The van der Waals surface area contributed by atoms with Crippen molar-refractivity contribution in [2.24, 2.45) is 0 Å². The minimum atomic E-state index is -1.47. The highest BCUT2D eigenvalue weighted by Crippen LogP contribution is 2.46. The van der Waals surface area contributed by atoms with Gasteiger partial charge in [-0.2, -0.15) is 0 Å². The Morgan fingerprint density at radius 1 is 1.09 bits per heavy atom. The predicted molar refractivity (Wildman–Crippen MR) is 118 cm³/mol. The predicted octanol–water partition coefficient (Wildman–Crippen LogP) is 2.17. The van der Waals surface area contributed by atoms with Gasteiger partial charge in [0.2, 0.25) is 0 Å². The summed E-state index contributed by atoms with van der Waals surface area (Å²) in [6.45, 7) is 3.96. The number of halogens is 1. The molecule has 4 N–H and O–H groups in total. The summed E-state index contributed by atoms with van der Waals surface area (Å²) in [5.74, 6) is 1.32. The molecule has 0 amide bonds. The largest absolute Gasteiger partial charge is 0.494 e. The summed E-state index contributed by atoms with van der Waals surface area (Å²) in [7, 11) is 0. The van der Waals surface area contributed by atoms with Gasteiger partial charge in [0.25, 0.3) is 0 Å². The van der Waals surface area contributed by atoms with Crippen molar-refractivity contribution < 1.29 is 34.6 Å². The first kappa shape index (κ1) is 23.3. The van der Waals surface area contributed by atoms with Gasteiger partial charge in [-0.15, -0.1) is 0 Å². The molecular weight excluding hydrogens is 436 g/mol. The molecule has 32 heavy (non-hydrogen) atoms. The van der Waals surface area contributed by atoms with E-state index < -0.39 is 37.1 Å². The molecule has 0 aliphatic carbocycles. The van der Waals surface area contributed by atoms with Crippen molar-refractivity contribution in [2.45, 2.75) is 63.3 Å². The maximum Gasteiger partial charge on any atom is 0.130 e. The minimum Gasteiger partial charge on any atom is -0.494 e. The smallest absolute Gasteiger partial charge is 0.130 e. The lowest BCUT2D eigenvalue weighted by Crippen LogP contribution is -2.55. The van der Waals surface area contributed by atoms with E-state index in [2.05, 4.69) is 0 Å². The van der Waals surface area contributed by atoms with Crippen LogP contribution < -0.4 is 9.47 Å². The number of hydrogen-bond acceptors (Lipinski definition) is 7. The Morgan fingerprint density at radius 3 is 2.47 bits per heavy atom. The summed E-state index contributed by atoms with van der Waals surface area (Å²) >= 11 is 6.77. The molecule has 8 heteroatoms. The van der Waals surface area contributed by atoms with Crippen LogP contribution in [0.5, 0.6) is 11.5 Å². The SMILES string of the molecule is CCOc1ccc(Cc2cc([C@@H]3O[C@H](CO)[C@@H](O)[C@H](O)[C@H]3O)c3c(c2Cl)CC(C)O3)cc1. The van der Waals surface area contributed by atoms with Gasteiger partial charge in [0.1, 0.15) is 48.1 Å². The molecule has 2 aliphatic rings. The highest BCUT2D eigenvalue weighted by Gasteiger charge is 2.46. The maximum absolute atomic E-state index is 10.7. The average Bonchev–Trinajstić information content (AvgIpc) is 3.18. The van der Waals surface area contributed by atoms with Crippen LogP contribution in [0.15, 0.2) is 30.3 Å². The quantitative estimate of drug-likeness (QED) is 0.518. The molecular formula is C24H29ClO7. The second kappa shape index (κ2) is 9.55. The van der Waals surface area contributed by atoms with Crippen molar-refractivity contribution in [2.75, 3.05) is 13.2 Å². The Morgan fingerprint density at radius 2 is 1.81 bits per heavy atom. The number of hydrogen-bond donors (Lipinski definition) is 4. The number of aliphatic hydroxyl groups excluding tert-OH is 4. The lowest BCUT2D eigenvalue weighted by Gasteiger charge is -2.40. The second-order valence-corrected chi connectivity index (χ2v) is 8.76. The normalized spacial score (nSPS) is 29.5. The van der Waals surface area contributed by atoms with Crippen LogP contribution in [0.1, 0.15) is 42.2 Å². The minimum absolute atomic E-state index is 0.105. The first-order valence-electron chi connectivity index (χ1n) is 10.9. The third kappa shape index (κ3) is 4.33. The molecule has 0 saturated carbocycles. The summed E-state index contributed by atoms with van der Waals surface area (Å²) in [5.41, 5.74) is 3.24. The Bertz CT molecular complexity index is 946. The van der Waals surface area contributed by atoms with Gasteiger partial charge >= 0.3 is 0 Å². The summed E-state index contributed by atoms with van der Waals surface area (Å²) in [4.78, 5) is 0. The molecule has 6 atom stereocenters. The monoisotopic (exact) mass is 464 g/mol. The number of aliphatic hydroxyl groups is 4. The molecule has 1 saturated heterocycles. The van der Waals surface area contributed by atoms with Gasteiger partial charge in [0, 0.05) is 17.5 Å². The molecule has 1 unspecified atom stereocenters. The standard InChI is InChI=1S/C24H29ClO7/c1-3-30-15-6-4-13(5-7-15)9-14-10-17(23-16(19(14)25)8-12(2)31-23)24-22(29)21(28)20(27)18(11-26)32-24/h4-7,10,12,18,20-22,24,26-29H,3,8-9,11H2,1-2H3/t12?,18-,20-,21+,22-,24+/m1/s1. The molecule has 2 aromatic carbocycles. The first-order valence-corrected chi connectivity index (χ1v) is 11.2. The fourth-order valence-electron chi connectivity index (χ4n) is 4.42. The molecule has 0 bridgehead atoms. The van der Waals surface area contributed by atoms with Gasteiger partial charge in [0.05, 0.1) is 18.2 Å². The topological polar surface area (TPSA) is 109 Å². The van der Waals surface area contributed by atoms with Crippen molar-refractivity contribution in [1.82, 2.24) is 0 Å². The first-order chi connectivity index (χ1) is 15.3. The zero-order chi connectivity index (χ0) is 23.0. The van der Waals surface area contributed by atoms with Gasteiger partial charge in [-0.3, -0.25) is 0 Å². The Balaban J connectivity index is 1.72. The van der Waals surface area contributed by atoms with E-state index in [9.17, 15) is 20.4 Å². The molecule has 0 spiro atoms. The molecule has 1 fully saturated rings. The van der Waals surface area contributed by atoms with Crippen LogP contribution in [0.3, 0.4) is 0 Å². The van der Waals surface area contributed by atoms with Crippen LogP contribution in [-0.4, -0.2) is 64.2 Å². The van der Waals surface area contributed by atoms with Gasteiger partial charge in [-0.25, -0.2) is 0 Å². The lowest BCUT2D eigenvalue weighted by atomic mass is 9.88. The molecule has 4 rings (SSSR count). The number of rotatable bonds is 6. The van der Waals surface area contributed by atoms with Crippen LogP contribution >= 0.6 is 11.6 Å². The third-order valence-corrected chi connectivity index (χ3v) is 6.52. The van der Waals surface area contributed by atoms with Crippen molar-refractivity contribution in [3.63, 3.8) is 0 Å². The fourth-order valence-corrected chi connectivity index (χ4v) is 4.71. The molecule has 0 radical (unpaired) electrons. The molecule has 0 aromatic heterocycles. The zero-order valence-corrected chi connectivity index (χ0v) is 18.8. The van der Waals surface area contributed by atoms with E-state index in [1.54, 1.807) is 0 Å². The van der Waals surface area contributed by atoms with E-state index in [-0.39, 0.29) is 6.10 Å². The van der Waals surface area contributed by atoms with Crippen LogP contribution in [0, 0.1) is 0 Å². The van der Waals surface area contributed by atoms with E-state index in [1.165, 1.54) is 0 Å². The lowest BCUT2D eigenvalue weighted by molar-refractivity contribution is -0.232. The maximum atomic E-state index is 10.7. The molecule has 2 heterocycles. The third-order valence-electron chi connectivity index (χ3n) is 6.05. The highest BCUT2D eigenvalue weighted by molar-refractivity contribution is 6.32. The molecule has 2 aliphatic heterocycles. The van der Waals surface area contributed by atoms with E-state index in [1.807, 2.05) is 44.2 Å². The van der Waals surface area contributed by atoms with E-state index >= 15 is 0 Å². The summed E-state index contributed by atoms with van der Waals surface area (Å²) in [6.07, 6.45) is -5.23. The Kier molecular flexibility index (Phi) is 6.95. The van der Waals surface area contributed by atoms with Crippen LogP contribution in [-0.2, 0) is 17.6 Å². The number of fused-ring (bicyclic) bond motifs is 1. The molecule has 174 valence electrons. The highest BCUT2D eigenvalue weighted by atomic mass is 35.5. The number of benzene rings is 2. The van der Waals surface area contributed by atoms with Crippen molar-refractivity contribution in [3.8, 4) is 11.5 Å². The molecule has 7 nitrogen and oxygen atoms in total. The van der Waals surface area contributed by atoms with Gasteiger partial charge < -0.3 is 34.6 Å². The summed E-state index contributed by atoms with van der Waals surface area (Å²) in [6, 6.07) is 9.58. The zero-order valence-electron chi connectivity index (χ0n) is 18.1. The fraction of sp³-hybridized carbons (Fsp3) is 0.500. The summed E-state index contributed by atoms with van der Waals surface area (Å²) < 4.78 is 17.3. The average molecular weight is 465 g/mol. The van der Waals surface area contributed by atoms with Crippen molar-refractivity contribution in [1.29, 1.82) is 0 Å². The van der Waals surface area contributed by atoms with Crippen molar-refractivity contribution in [3.05, 3.63) is 57.6 Å². The van der Waals surface area contributed by atoms with E-state index in [0.717, 1.165) is 22.4 Å². The van der Waals surface area contributed by atoms with E-state index in [0.29, 0.717) is 35.8 Å².